The highest BCUT2D eigenvalue weighted by molar-refractivity contribution is 6.16. The largest absolute Gasteiger partial charge is 0.310 e. The van der Waals surface area contributed by atoms with E-state index in [9.17, 15) is 5.26 Å². The summed E-state index contributed by atoms with van der Waals surface area (Å²) in [6.45, 7) is 8.40. The fraction of sp³-hybridized carbons (Fsp3) is 0. The van der Waals surface area contributed by atoms with Crippen LogP contribution in [-0.2, 0) is 0 Å². The molecular formula is C50H29N5. The molecule has 11 rings (SSSR count). The lowest BCUT2D eigenvalue weighted by molar-refractivity contribution is 1.17. The lowest BCUT2D eigenvalue weighted by Gasteiger charge is -2.14. The van der Waals surface area contributed by atoms with Crippen molar-refractivity contribution in [2.45, 2.75) is 0 Å². The van der Waals surface area contributed by atoms with Crippen molar-refractivity contribution in [3.63, 3.8) is 0 Å². The maximum absolute atomic E-state index is 10.1. The van der Waals surface area contributed by atoms with Gasteiger partial charge in [0.1, 0.15) is 6.07 Å². The van der Waals surface area contributed by atoms with Crippen LogP contribution in [0.4, 0.5) is 5.69 Å². The van der Waals surface area contributed by atoms with Gasteiger partial charge in [0.2, 0.25) is 0 Å². The molecule has 5 heteroatoms. The van der Waals surface area contributed by atoms with Gasteiger partial charge in [0.15, 0.2) is 5.69 Å². The van der Waals surface area contributed by atoms with E-state index in [1.807, 2.05) is 36.4 Å². The van der Waals surface area contributed by atoms with Gasteiger partial charge in [-0.15, -0.1) is 0 Å². The fourth-order valence-electron chi connectivity index (χ4n) is 8.83. The van der Waals surface area contributed by atoms with Crippen LogP contribution in [-0.4, -0.2) is 13.7 Å². The van der Waals surface area contributed by atoms with Crippen molar-refractivity contribution in [2.24, 2.45) is 0 Å². The second-order valence-corrected chi connectivity index (χ2v) is 13.9. The van der Waals surface area contributed by atoms with Crippen molar-refractivity contribution < 1.29 is 0 Å². The predicted molar refractivity (Wildman–Crippen MR) is 226 cm³/mol. The average molecular weight is 700 g/mol. The van der Waals surface area contributed by atoms with Crippen LogP contribution in [0.15, 0.2) is 176 Å². The normalized spacial score (nSPS) is 11.6. The third kappa shape index (κ3) is 4.39. The van der Waals surface area contributed by atoms with Gasteiger partial charge >= 0.3 is 0 Å². The van der Waals surface area contributed by atoms with Crippen LogP contribution < -0.4 is 0 Å². The van der Waals surface area contributed by atoms with Crippen LogP contribution in [0, 0.1) is 17.9 Å². The van der Waals surface area contributed by atoms with Crippen LogP contribution >= 0.6 is 0 Å². The molecule has 0 unspecified atom stereocenters. The van der Waals surface area contributed by atoms with Gasteiger partial charge in [-0.25, -0.2) is 4.85 Å². The molecule has 3 aromatic heterocycles. The quantitative estimate of drug-likeness (QED) is 0.169. The van der Waals surface area contributed by atoms with E-state index in [0.717, 1.165) is 71.8 Å². The molecule has 0 amide bonds. The molecule has 8 aromatic carbocycles. The minimum atomic E-state index is 0.569. The third-order valence-electron chi connectivity index (χ3n) is 11.1. The van der Waals surface area contributed by atoms with Gasteiger partial charge < -0.3 is 13.7 Å². The molecule has 0 saturated carbocycles. The topological polar surface area (TPSA) is 42.9 Å². The molecule has 55 heavy (non-hydrogen) atoms. The Labute approximate surface area is 316 Å². The Morgan fingerprint density at radius 2 is 1.00 bits per heavy atom. The van der Waals surface area contributed by atoms with Crippen LogP contribution in [0.2, 0.25) is 0 Å². The highest BCUT2D eigenvalue weighted by Crippen LogP contribution is 2.42. The molecule has 5 nitrogen and oxygen atoms in total. The van der Waals surface area contributed by atoms with Gasteiger partial charge in [-0.05, 0) is 77.9 Å². The molecule has 0 aliphatic rings. The molecule has 0 N–H and O–H groups in total. The van der Waals surface area contributed by atoms with E-state index in [0.29, 0.717) is 11.3 Å². The first kappa shape index (κ1) is 30.7. The molecular weight excluding hydrogens is 671 g/mol. The summed E-state index contributed by atoms with van der Waals surface area (Å²) >= 11 is 0. The number of rotatable bonds is 4. The smallest absolute Gasteiger partial charge is 0.196 e. The van der Waals surface area contributed by atoms with E-state index in [-0.39, 0.29) is 0 Å². The lowest BCUT2D eigenvalue weighted by Crippen LogP contribution is -1.97. The summed E-state index contributed by atoms with van der Waals surface area (Å²) in [5, 5.41) is 17.0. The Balaban J connectivity index is 1.10. The number of nitrogens with zero attached hydrogens (tertiary/aromatic N) is 5. The number of para-hydroxylation sites is 5. The number of hydrogen-bond donors (Lipinski definition) is 0. The summed E-state index contributed by atoms with van der Waals surface area (Å²) in [5.74, 6) is 0. The van der Waals surface area contributed by atoms with E-state index < -0.39 is 0 Å². The van der Waals surface area contributed by atoms with Crippen molar-refractivity contribution >= 4 is 71.1 Å². The zero-order valence-electron chi connectivity index (χ0n) is 29.5. The van der Waals surface area contributed by atoms with E-state index in [1.165, 1.54) is 21.8 Å². The zero-order valence-corrected chi connectivity index (χ0v) is 29.5. The number of hydrogen-bond acceptors (Lipinski definition) is 1. The summed E-state index contributed by atoms with van der Waals surface area (Å²) in [5.41, 5.74) is 12.4. The predicted octanol–water partition coefficient (Wildman–Crippen LogP) is 13.1. The van der Waals surface area contributed by atoms with Crippen LogP contribution in [0.25, 0.3) is 98.5 Å². The summed E-state index contributed by atoms with van der Waals surface area (Å²) < 4.78 is 6.85. The Kier molecular flexibility index (Phi) is 6.61. The van der Waals surface area contributed by atoms with Gasteiger partial charge in [-0.2, -0.15) is 5.26 Å². The molecule has 254 valence electrons. The second-order valence-electron chi connectivity index (χ2n) is 13.9. The first-order chi connectivity index (χ1) is 27.2. The maximum Gasteiger partial charge on any atom is 0.196 e. The zero-order chi connectivity index (χ0) is 36.6. The van der Waals surface area contributed by atoms with Crippen molar-refractivity contribution in [3.05, 3.63) is 193 Å². The first-order valence-corrected chi connectivity index (χ1v) is 18.3. The molecule has 3 heterocycles. The lowest BCUT2D eigenvalue weighted by atomic mass is 10.0. The maximum atomic E-state index is 10.1. The highest BCUT2D eigenvalue weighted by atomic mass is 15.0. The van der Waals surface area contributed by atoms with E-state index >= 15 is 0 Å². The summed E-state index contributed by atoms with van der Waals surface area (Å²) in [6.07, 6.45) is 0. The Morgan fingerprint density at radius 3 is 1.69 bits per heavy atom. The van der Waals surface area contributed by atoms with Gasteiger partial charge in [0, 0.05) is 43.7 Å². The molecule has 0 fully saturated rings. The summed E-state index contributed by atoms with van der Waals surface area (Å²) in [4.78, 5) is 4.11. The Hall–Kier alpha value is -7.86. The van der Waals surface area contributed by atoms with Gasteiger partial charge in [-0.3, -0.25) is 0 Å². The van der Waals surface area contributed by atoms with Crippen LogP contribution in [0.1, 0.15) is 5.56 Å². The molecule has 0 spiro atoms. The van der Waals surface area contributed by atoms with E-state index in [4.69, 9.17) is 6.57 Å². The monoisotopic (exact) mass is 699 g/mol. The third-order valence-corrected chi connectivity index (χ3v) is 11.1. The van der Waals surface area contributed by atoms with Gasteiger partial charge in [-0.1, -0.05) is 109 Å². The number of benzene rings is 8. The van der Waals surface area contributed by atoms with Crippen molar-refractivity contribution in [2.75, 3.05) is 0 Å². The number of aromatic nitrogens is 3. The second kappa shape index (κ2) is 11.8. The molecule has 0 saturated heterocycles. The molecule has 11 aromatic rings. The molecule has 0 bridgehead atoms. The highest BCUT2D eigenvalue weighted by Gasteiger charge is 2.21. The fourth-order valence-corrected chi connectivity index (χ4v) is 8.83. The Bertz CT molecular complexity index is 3420. The van der Waals surface area contributed by atoms with Crippen molar-refractivity contribution in [3.8, 4) is 34.3 Å². The minimum Gasteiger partial charge on any atom is -0.310 e. The molecule has 0 atom stereocenters. The van der Waals surface area contributed by atoms with Gasteiger partial charge in [0.05, 0.1) is 50.9 Å². The van der Waals surface area contributed by atoms with E-state index in [1.54, 1.807) is 0 Å². The molecule has 0 aliphatic carbocycles. The van der Waals surface area contributed by atoms with Gasteiger partial charge in [0.25, 0.3) is 0 Å². The Morgan fingerprint density at radius 1 is 0.455 bits per heavy atom. The number of nitriles is 1. The van der Waals surface area contributed by atoms with Crippen LogP contribution in [0.3, 0.4) is 0 Å². The standard InChI is InChI=1S/C50H29N5/c1-52-42-30-35(27-28-36(42)32-13-10-15-34(29-32)54-43-21-6-4-18-39(43)40-20-11-14-33(31-51)50(40)54)53-46-24-9-5-19-41(46)49-47(53)25-12-26-48(49)55-44-22-7-2-16-37(44)38-17-3-8-23-45(38)55/h2-30H. The average Bonchev–Trinajstić information content (AvgIpc) is 3.89. The van der Waals surface area contributed by atoms with E-state index in [2.05, 4.69) is 164 Å². The van der Waals surface area contributed by atoms with Crippen molar-refractivity contribution in [1.82, 2.24) is 13.7 Å². The SMILES string of the molecule is [C-]#[N+]c1cc(-n2c3ccccc3c3c(-n4c5ccccc5c5ccccc54)cccc32)ccc1-c1cccc(-n2c3ccccc3c3cccc(C#N)c32)c1. The minimum absolute atomic E-state index is 0.569. The number of fused-ring (bicyclic) bond motifs is 9. The van der Waals surface area contributed by atoms with Crippen molar-refractivity contribution in [1.29, 1.82) is 5.26 Å². The summed E-state index contributed by atoms with van der Waals surface area (Å²) in [6, 6.07) is 63.4. The van der Waals surface area contributed by atoms with Crippen LogP contribution in [0.5, 0.6) is 0 Å². The summed E-state index contributed by atoms with van der Waals surface area (Å²) in [7, 11) is 0. The first-order valence-electron chi connectivity index (χ1n) is 18.3. The molecule has 0 aliphatic heterocycles. The molecule has 0 radical (unpaired) electrons.